The monoisotopic (exact) mass is 174 g/mol. The summed E-state index contributed by atoms with van der Waals surface area (Å²) >= 11 is 0. The molecule has 1 saturated carbocycles. The van der Waals surface area contributed by atoms with Gasteiger partial charge in [0.2, 0.25) is 0 Å². The average Bonchev–Trinajstić information content (AvgIpc) is 2.87. The number of aromatic nitrogens is 3. The van der Waals surface area contributed by atoms with Gasteiger partial charge in [-0.2, -0.15) is 0 Å². The summed E-state index contributed by atoms with van der Waals surface area (Å²) in [7, 11) is 0. The van der Waals surface area contributed by atoms with Crippen molar-refractivity contribution < 1.29 is 0 Å². The Hall–Kier alpha value is -1.58. The predicted molar refractivity (Wildman–Crippen MR) is 50.2 cm³/mol. The number of nitrogen functional groups attached to an aromatic ring is 1. The maximum atomic E-state index is 5.87. The second-order valence-electron chi connectivity index (χ2n) is 3.48. The number of nitrogens with zero attached hydrogens (tertiary/aromatic N) is 3. The number of hydrogen-bond donors (Lipinski definition) is 1. The Kier molecular flexibility index (Phi) is 1.17. The van der Waals surface area contributed by atoms with Crippen LogP contribution in [0.15, 0.2) is 18.2 Å². The third-order valence-corrected chi connectivity index (χ3v) is 2.42. The highest BCUT2D eigenvalue weighted by Crippen LogP contribution is 2.37. The van der Waals surface area contributed by atoms with Crippen molar-refractivity contribution in [1.82, 2.24) is 15.0 Å². The summed E-state index contributed by atoms with van der Waals surface area (Å²) in [5.41, 5.74) is 8.52. The number of hydrogen-bond acceptors (Lipinski definition) is 3. The highest BCUT2D eigenvalue weighted by atomic mass is 15.4. The van der Waals surface area contributed by atoms with Gasteiger partial charge in [-0.1, -0.05) is 11.3 Å². The van der Waals surface area contributed by atoms with Gasteiger partial charge in [0, 0.05) is 0 Å². The van der Waals surface area contributed by atoms with Crippen molar-refractivity contribution in [3.63, 3.8) is 0 Å². The fourth-order valence-corrected chi connectivity index (χ4v) is 1.59. The van der Waals surface area contributed by atoms with Crippen LogP contribution in [0.2, 0.25) is 0 Å². The first-order valence-corrected chi connectivity index (χ1v) is 4.45. The minimum absolute atomic E-state index is 0.537. The van der Waals surface area contributed by atoms with Crippen LogP contribution in [0.1, 0.15) is 18.9 Å². The Morgan fingerprint density at radius 2 is 2.23 bits per heavy atom. The molecule has 0 atom stereocenters. The summed E-state index contributed by atoms with van der Waals surface area (Å²) in [5, 5.41) is 8.18. The number of anilines is 1. The topological polar surface area (TPSA) is 56.7 Å². The summed E-state index contributed by atoms with van der Waals surface area (Å²) in [5.74, 6) is 0. The van der Waals surface area contributed by atoms with Gasteiger partial charge in [-0.15, -0.1) is 5.10 Å². The van der Waals surface area contributed by atoms with Gasteiger partial charge in [0.15, 0.2) is 0 Å². The Balaban J connectivity index is 2.34. The SMILES string of the molecule is Nc1cccc2nnn(C3CC3)c12. The lowest BCUT2D eigenvalue weighted by Gasteiger charge is -2.00. The lowest BCUT2D eigenvalue weighted by atomic mass is 10.2. The minimum atomic E-state index is 0.537. The van der Waals surface area contributed by atoms with E-state index in [0.717, 1.165) is 16.7 Å². The van der Waals surface area contributed by atoms with Crippen LogP contribution in [0.4, 0.5) is 5.69 Å². The maximum absolute atomic E-state index is 5.87. The number of fused-ring (bicyclic) bond motifs is 1. The van der Waals surface area contributed by atoms with Gasteiger partial charge in [-0.05, 0) is 25.0 Å². The van der Waals surface area contributed by atoms with Crippen LogP contribution in [0.3, 0.4) is 0 Å². The van der Waals surface area contributed by atoms with Crippen molar-refractivity contribution in [3.8, 4) is 0 Å². The van der Waals surface area contributed by atoms with Crippen LogP contribution in [0.5, 0.6) is 0 Å². The number of benzene rings is 1. The lowest BCUT2D eigenvalue weighted by Crippen LogP contribution is -1.98. The van der Waals surface area contributed by atoms with E-state index < -0.39 is 0 Å². The van der Waals surface area contributed by atoms with Crippen molar-refractivity contribution in [3.05, 3.63) is 18.2 Å². The molecule has 1 heterocycles. The third-order valence-electron chi connectivity index (χ3n) is 2.42. The second-order valence-corrected chi connectivity index (χ2v) is 3.48. The second kappa shape index (κ2) is 2.22. The molecule has 3 rings (SSSR count). The Labute approximate surface area is 75.3 Å². The average molecular weight is 174 g/mol. The first-order chi connectivity index (χ1) is 6.36. The normalized spacial score (nSPS) is 16.6. The molecule has 66 valence electrons. The van der Waals surface area contributed by atoms with Crippen LogP contribution in [-0.2, 0) is 0 Å². The van der Waals surface area contributed by atoms with E-state index in [1.54, 1.807) is 0 Å². The van der Waals surface area contributed by atoms with E-state index in [9.17, 15) is 0 Å². The summed E-state index contributed by atoms with van der Waals surface area (Å²) in [6.07, 6.45) is 2.40. The molecule has 1 aromatic carbocycles. The molecule has 0 saturated heterocycles. The van der Waals surface area contributed by atoms with Crippen molar-refractivity contribution in [2.75, 3.05) is 5.73 Å². The Bertz CT molecular complexity index is 456. The van der Waals surface area contributed by atoms with Crippen LogP contribution < -0.4 is 5.73 Å². The number of para-hydroxylation sites is 1. The molecule has 0 spiro atoms. The molecule has 1 aromatic heterocycles. The van der Waals surface area contributed by atoms with E-state index in [-0.39, 0.29) is 0 Å². The zero-order chi connectivity index (χ0) is 8.84. The van der Waals surface area contributed by atoms with E-state index in [1.807, 2.05) is 22.9 Å². The van der Waals surface area contributed by atoms with Gasteiger partial charge in [0.1, 0.15) is 11.0 Å². The van der Waals surface area contributed by atoms with Gasteiger partial charge >= 0.3 is 0 Å². The lowest BCUT2D eigenvalue weighted by molar-refractivity contribution is 0.630. The smallest absolute Gasteiger partial charge is 0.115 e. The first kappa shape index (κ1) is 6.88. The first-order valence-electron chi connectivity index (χ1n) is 4.45. The fraction of sp³-hybridized carbons (Fsp3) is 0.333. The van der Waals surface area contributed by atoms with Crippen LogP contribution in [-0.4, -0.2) is 15.0 Å². The maximum Gasteiger partial charge on any atom is 0.115 e. The zero-order valence-electron chi connectivity index (χ0n) is 7.14. The summed E-state index contributed by atoms with van der Waals surface area (Å²) in [6, 6.07) is 6.28. The van der Waals surface area contributed by atoms with Crippen LogP contribution >= 0.6 is 0 Å². The number of rotatable bonds is 1. The minimum Gasteiger partial charge on any atom is -0.397 e. The van der Waals surface area contributed by atoms with E-state index >= 15 is 0 Å². The van der Waals surface area contributed by atoms with Gasteiger partial charge in [-0.3, -0.25) is 0 Å². The molecule has 0 unspecified atom stereocenters. The van der Waals surface area contributed by atoms with Crippen molar-refractivity contribution in [1.29, 1.82) is 0 Å². The highest BCUT2D eigenvalue weighted by molar-refractivity contribution is 5.86. The molecular weight excluding hydrogens is 164 g/mol. The van der Waals surface area contributed by atoms with Gasteiger partial charge in [0.25, 0.3) is 0 Å². The Morgan fingerprint density at radius 3 is 3.00 bits per heavy atom. The largest absolute Gasteiger partial charge is 0.397 e. The molecule has 0 bridgehead atoms. The molecule has 0 amide bonds. The number of nitrogens with two attached hydrogens (primary N) is 1. The standard InChI is InChI=1S/C9H10N4/c10-7-2-1-3-8-9(7)13(12-11-8)6-4-5-6/h1-3,6H,4-5,10H2. The van der Waals surface area contributed by atoms with Gasteiger partial charge in [0.05, 0.1) is 11.7 Å². The molecule has 1 aliphatic carbocycles. The van der Waals surface area contributed by atoms with Crippen molar-refractivity contribution >= 4 is 16.7 Å². The summed E-state index contributed by atoms with van der Waals surface area (Å²) in [4.78, 5) is 0. The highest BCUT2D eigenvalue weighted by Gasteiger charge is 2.27. The Morgan fingerprint density at radius 1 is 1.38 bits per heavy atom. The summed E-state index contributed by atoms with van der Waals surface area (Å²) in [6.45, 7) is 0. The molecular formula is C9H10N4. The van der Waals surface area contributed by atoms with Crippen LogP contribution in [0, 0.1) is 0 Å². The third kappa shape index (κ3) is 0.915. The molecule has 2 N–H and O–H groups in total. The molecule has 13 heavy (non-hydrogen) atoms. The molecule has 0 radical (unpaired) electrons. The predicted octanol–water partition coefficient (Wildman–Crippen LogP) is 1.35. The molecule has 1 aliphatic rings. The van der Waals surface area contributed by atoms with Crippen LogP contribution in [0.25, 0.3) is 11.0 Å². The molecule has 4 heteroatoms. The molecule has 2 aromatic rings. The molecule has 0 aliphatic heterocycles. The van der Waals surface area contributed by atoms with Crippen molar-refractivity contribution in [2.45, 2.75) is 18.9 Å². The van der Waals surface area contributed by atoms with E-state index in [2.05, 4.69) is 10.3 Å². The van der Waals surface area contributed by atoms with E-state index in [0.29, 0.717) is 6.04 Å². The van der Waals surface area contributed by atoms with Gasteiger partial charge in [-0.25, -0.2) is 4.68 Å². The molecule has 1 fully saturated rings. The van der Waals surface area contributed by atoms with Gasteiger partial charge < -0.3 is 5.73 Å². The van der Waals surface area contributed by atoms with E-state index in [4.69, 9.17) is 5.73 Å². The quantitative estimate of drug-likeness (QED) is 0.664. The van der Waals surface area contributed by atoms with E-state index in [1.165, 1.54) is 12.8 Å². The van der Waals surface area contributed by atoms with Crippen molar-refractivity contribution in [2.24, 2.45) is 0 Å². The molecule has 4 nitrogen and oxygen atoms in total. The zero-order valence-corrected chi connectivity index (χ0v) is 7.14. The summed E-state index contributed by atoms with van der Waals surface area (Å²) < 4.78 is 1.95. The fourth-order valence-electron chi connectivity index (χ4n) is 1.59.